The van der Waals surface area contributed by atoms with E-state index in [1.54, 1.807) is 30.3 Å². The number of hydrogen-bond acceptors (Lipinski definition) is 5. The smallest absolute Gasteiger partial charge is 0.314 e. The highest BCUT2D eigenvalue weighted by atomic mass is 19.1. The van der Waals surface area contributed by atoms with E-state index in [1.807, 2.05) is 0 Å². The van der Waals surface area contributed by atoms with Crippen molar-refractivity contribution in [1.82, 2.24) is 0 Å². The summed E-state index contributed by atoms with van der Waals surface area (Å²) in [4.78, 5) is 12.2. The molecule has 0 radical (unpaired) electrons. The van der Waals surface area contributed by atoms with E-state index in [-0.39, 0.29) is 33.0 Å². The Bertz CT molecular complexity index is 896. The van der Waals surface area contributed by atoms with Gasteiger partial charge in [-0.05, 0) is 48.7 Å². The molecule has 3 rings (SSSR count). The number of benzene rings is 2. The summed E-state index contributed by atoms with van der Waals surface area (Å²) in [6, 6.07) is 9.86. The average molecular weight is 402 g/mol. The molecule has 2 aromatic carbocycles. The molecule has 0 spiro atoms. The number of rotatable bonds is 9. The lowest BCUT2D eigenvalue weighted by Gasteiger charge is -2.24. The molecule has 0 N–H and O–H groups in total. The Morgan fingerprint density at radius 1 is 1.17 bits per heavy atom. The monoisotopic (exact) mass is 402 g/mol. The summed E-state index contributed by atoms with van der Waals surface area (Å²) in [5.41, 5.74) is 0.681. The van der Waals surface area contributed by atoms with Crippen LogP contribution in [0.5, 0.6) is 23.0 Å². The molecule has 0 bridgehead atoms. The van der Waals surface area contributed by atoms with Crippen LogP contribution in [0.15, 0.2) is 36.4 Å². The summed E-state index contributed by atoms with van der Waals surface area (Å²) < 4.78 is 35.7. The molecule has 2 aromatic rings. The molecular weight excluding hydrogens is 375 g/mol. The number of fused-ring (bicyclic) bond motifs is 1. The van der Waals surface area contributed by atoms with Crippen LogP contribution in [0.4, 0.5) is 4.39 Å². The van der Waals surface area contributed by atoms with Crippen molar-refractivity contribution in [1.29, 1.82) is 0 Å². The quantitative estimate of drug-likeness (QED) is 0.186. The van der Waals surface area contributed by atoms with E-state index in [9.17, 15) is 9.18 Å². The number of esters is 1. The molecule has 5 nitrogen and oxygen atoms in total. The minimum Gasteiger partial charge on any atom is -0.457 e. The van der Waals surface area contributed by atoms with E-state index in [2.05, 4.69) is 13.0 Å². The fraction of sp³-hybridized carbons (Fsp3) is 0.348. The van der Waals surface area contributed by atoms with Crippen LogP contribution in [0, 0.1) is 24.3 Å². The van der Waals surface area contributed by atoms with E-state index in [0.29, 0.717) is 23.5 Å². The number of terminal acetylenes is 1. The van der Waals surface area contributed by atoms with Gasteiger partial charge in [-0.1, -0.05) is 38.7 Å². The van der Waals surface area contributed by atoms with Gasteiger partial charge in [0.15, 0.2) is 11.5 Å². The summed E-state index contributed by atoms with van der Waals surface area (Å²) in [5, 5.41) is 0. The van der Waals surface area contributed by atoms with E-state index < -0.39 is 5.82 Å². The molecule has 156 valence electrons. The van der Waals surface area contributed by atoms with Crippen molar-refractivity contribution >= 4 is 5.97 Å². The van der Waals surface area contributed by atoms with Crippen LogP contribution in [0.3, 0.4) is 0 Å². The molecule has 6 heteroatoms. The highest BCUT2D eigenvalue weighted by Crippen LogP contribution is 2.37. The van der Waals surface area contributed by atoms with Crippen LogP contribution in [-0.2, 0) is 11.2 Å². The Morgan fingerprint density at radius 2 is 1.93 bits per heavy atom. The zero-order valence-electron chi connectivity index (χ0n) is 16.3. The van der Waals surface area contributed by atoms with E-state index in [0.717, 1.165) is 25.7 Å². The van der Waals surface area contributed by atoms with E-state index in [4.69, 9.17) is 25.4 Å². The Kier molecular flexibility index (Phi) is 6.96. The number of halogens is 1. The third kappa shape index (κ3) is 5.20. The maximum atomic E-state index is 14.7. The second kappa shape index (κ2) is 9.83. The number of hydrogen-bond donors (Lipinski definition) is 0. The van der Waals surface area contributed by atoms with Gasteiger partial charge in [0.1, 0.15) is 17.6 Å². The molecule has 0 aliphatic carbocycles. The molecule has 0 aromatic heterocycles. The fourth-order valence-electron chi connectivity index (χ4n) is 3.19. The average Bonchev–Trinajstić information content (AvgIpc) is 2.72. The molecule has 0 saturated carbocycles. The molecule has 1 unspecified atom stereocenters. The van der Waals surface area contributed by atoms with Gasteiger partial charge in [-0.25, -0.2) is 0 Å². The molecule has 1 heterocycles. The van der Waals surface area contributed by atoms with E-state index >= 15 is 0 Å². The summed E-state index contributed by atoms with van der Waals surface area (Å²) in [5.74, 6) is -0.349. The van der Waals surface area contributed by atoms with Crippen molar-refractivity contribution in [3.05, 3.63) is 47.8 Å². The van der Waals surface area contributed by atoms with Gasteiger partial charge in [-0.15, -0.1) is 0 Å². The van der Waals surface area contributed by atoms with Crippen molar-refractivity contribution in [2.45, 2.75) is 39.0 Å². The predicted molar refractivity (Wildman–Crippen MR) is 110 cm³/mol. The zero-order chi connectivity index (χ0) is 20.6. The maximum Gasteiger partial charge on any atom is 0.314 e. The van der Waals surface area contributed by atoms with Gasteiger partial charge in [-0.2, -0.15) is 4.39 Å². The van der Waals surface area contributed by atoms with Gasteiger partial charge in [0.2, 0.25) is 12.6 Å². The van der Waals surface area contributed by atoms with Crippen LogP contribution in [0.2, 0.25) is 0 Å². The second-order valence-electron chi connectivity index (χ2n) is 6.78. The van der Waals surface area contributed by atoms with Crippen LogP contribution in [0.25, 0.3) is 0 Å². The third-order valence-corrected chi connectivity index (χ3v) is 4.74. The van der Waals surface area contributed by atoms with Gasteiger partial charge in [-0.3, -0.25) is 4.79 Å². The molecule has 0 fully saturated rings. The zero-order valence-corrected chi connectivity index (χ0v) is 16.3. The van der Waals surface area contributed by atoms with Crippen molar-refractivity contribution in [3.8, 4) is 35.5 Å². The van der Waals surface area contributed by atoms with E-state index in [1.165, 1.54) is 6.07 Å². The first-order valence-electron chi connectivity index (χ1n) is 9.63. The molecule has 0 saturated heterocycles. The first-order valence-corrected chi connectivity index (χ1v) is 9.63. The Balaban J connectivity index is 0.00000240. The van der Waals surface area contributed by atoms with Crippen LogP contribution in [0.1, 0.15) is 41.0 Å². The number of carbonyl (C=O) groups is 1. The summed E-state index contributed by atoms with van der Waals surface area (Å²) in [6.07, 6.45) is 11.5. The SMILES string of the molecule is C#COc1ccc(OCOc2ccc3c(c2F)OC(=O)C(CCCCC)C3)cc1.[HH].[HH]. The predicted octanol–water partition coefficient (Wildman–Crippen LogP) is 5.36. The summed E-state index contributed by atoms with van der Waals surface area (Å²) in [6.45, 7) is 1.90. The highest BCUT2D eigenvalue weighted by molar-refractivity contribution is 5.78. The molecule has 1 atom stereocenters. The molecule has 0 amide bonds. The molecule has 29 heavy (non-hydrogen) atoms. The minimum absolute atomic E-state index is 0. The fourth-order valence-corrected chi connectivity index (χ4v) is 3.19. The molecule has 1 aliphatic rings. The van der Waals surface area contributed by atoms with Crippen molar-refractivity contribution in [2.75, 3.05) is 6.79 Å². The highest BCUT2D eigenvalue weighted by Gasteiger charge is 2.31. The van der Waals surface area contributed by atoms with Gasteiger partial charge >= 0.3 is 5.97 Å². The second-order valence-corrected chi connectivity index (χ2v) is 6.78. The van der Waals surface area contributed by atoms with Gasteiger partial charge < -0.3 is 18.9 Å². The maximum absolute atomic E-state index is 14.7. The summed E-state index contributed by atoms with van der Waals surface area (Å²) >= 11 is 0. The lowest BCUT2D eigenvalue weighted by molar-refractivity contribution is -0.140. The largest absolute Gasteiger partial charge is 0.457 e. The first kappa shape index (κ1) is 20.5. The minimum atomic E-state index is -0.691. The lowest BCUT2D eigenvalue weighted by atomic mass is 9.91. The topological polar surface area (TPSA) is 54.0 Å². The van der Waals surface area contributed by atoms with Gasteiger partial charge in [0.25, 0.3) is 0 Å². The van der Waals surface area contributed by atoms with Crippen molar-refractivity contribution in [3.63, 3.8) is 0 Å². The third-order valence-electron chi connectivity index (χ3n) is 4.74. The first-order chi connectivity index (χ1) is 14.1. The van der Waals surface area contributed by atoms with Crippen LogP contribution < -0.4 is 18.9 Å². The van der Waals surface area contributed by atoms with Crippen molar-refractivity contribution < 1.29 is 31.0 Å². The lowest BCUT2D eigenvalue weighted by Crippen LogP contribution is -2.28. The van der Waals surface area contributed by atoms with Crippen LogP contribution >= 0.6 is 0 Å². The number of unbranched alkanes of at least 4 members (excludes halogenated alkanes) is 2. The van der Waals surface area contributed by atoms with Crippen LogP contribution in [-0.4, -0.2) is 12.8 Å². The standard InChI is InChI=1S/C23H23FO5.2H2/c1-3-5-6-7-17-14-16-8-13-20(21(24)22(16)29-23(17)25)28-15-27-19-11-9-18(10-12-19)26-4-2;;/h2,8-13,17H,3,5-7,14-15H2,1H3;2*1H. The van der Waals surface area contributed by atoms with Gasteiger partial charge in [0, 0.05) is 2.85 Å². The number of carbonyl (C=O) groups excluding carboxylic acids is 1. The van der Waals surface area contributed by atoms with Gasteiger partial charge in [0.05, 0.1) is 5.92 Å². The summed E-state index contributed by atoms with van der Waals surface area (Å²) in [7, 11) is 0. The molecular formula is C23H27FO5. The number of ether oxygens (including phenoxy) is 4. The Morgan fingerprint density at radius 3 is 2.66 bits per heavy atom. The Labute approximate surface area is 172 Å². The molecule has 1 aliphatic heterocycles. The normalized spacial score (nSPS) is 15.1. The van der Waals surface area contributed by atoms with Crippen molar-refractivity contribution in [2.24, 2.45) is 5.92 Å². The Hall–Kier alpha value is -3.20.